The predicted octanol–water partition coefficient (Wildman–Crippen LogP) is 1.64. The first-order valence-electron chi connectivity index (χ1n) is 6.66. The van der Waals surface area contributed by atoms with E-state index in [1.165, 1.54) is 0 Å². The number of rotatable bonds is 2. The molecule has 0 atom stereocenters. The zero-order chi connectivity index (χ0) is 14.7. The number of piperidine rings is 1. The first kappa shape index (κ1) is 14.8. The summed E-state index contributed by atoms with van der Waals surface area (Å²) >= 11 is 5.88. The van der Waals surface area contributed by atoms with Crippen LogP contribution in [0.2, 0.25) is 5.15 Å². The van der Waals surface area contributed by atoms with Gasteiger partial charge < -0.3 is 10.2 Å². The number of aromatic nitrogens is 1. The molecule has 20 heavy (non-hydrogen) atoms. The van der Waals surface area contributed by atoms with Crippen molar-refractivity contribution in [3.63, 3.8) is 0 Å². The number of nitrogens with zero attached hydrogens (tertiary/aromatic N) is 2. The van der Waals surface area contributed by atoms with Crippen LogP contribution in [-0.2, 0) is 4.79 Å². The van der Waals surface area contributed by atoms with Crippen LogP contribution in [0.4, 0.5) is 0 Å². The summed E-state index contributed by atoms with van der Waals surface area (Å²) < 4.78 is 0. The summed E-state index contributed by atoms with van der Waals surface area (Å²) in [4.78, 5) is 29.8. The van der Waals surface area contributed by atoms with Crippen molar-refractivity contribution >= 4 is 23.4 Å². The van der Waals surface area contributed by atoms with Crippen molar-refractivity contribution in [2.24, 2.45) is 5.92 Å². The minimum Gasteiger partial charge on any atom is -0.359 e. The number of carbonyl (C=O) groups is 2. The molecule has 1 aromatic heterocycles. The molecular weight excluding hydrogens is 278 g/mol. The molecule has 1 fully saturated rings. The number of hydrogen-bond donors (Lipinski definition) is 1. The number of aryl methyl sites for hydroxylation is 1. The summed E-state index contributed by atoms with van der Waals surface area (Å²) in [5, 5.41) is 2.98. The van der Waals surface area contributed by atoms with Crippen LogP contribution in [0.1, 0.15) is 28.9 Å². The molecule has 2 heterocycles. The van der Waals surface area contributed by atoms with Crippen LogP contribution < -0.4 is 5.32 Å². The second-order valence-corrected chi connectivity index (χ2v) is 5.39. The van der Waals surface area contributed by atoms with Gasteiger partial charge in [-0.1, -0.05) is 11.6 Å². The van der Waals surface area contributed by atoms with Gasteiger partial charge in [-0.05, 0) is 31.9 Å². The zero-order valence-corrected chi connectivity index (χ0v) is 12.4. The van der Waals surface area contributed by atoms with Crippen LogP contribution in [0, 0.1) is 12.8 Å². The summed E-state index contributed by atoms with van der Waals surface area (Å²) in [5.74, 6) is 0.0134. The second kappa shape index (κ2) is 6.22. The molecule has 5 nitrogen and oxygen atoms in total. The van der Waals surface area contributed by atoms with Crippen molar-refractivity contribution in [1.82, 2.24) is 15.2 Å². The van der Waals surface area contributed by atoms with Gasteiger partial charge in [-0.3, -0.25) is 9.59 Å². The molecule has 6 heteroatoms. The molecule has 1 aliphatic heterocycles. The Hall–Kier alpha value is -1.62. The molecule has 1 aliphatic rings. The molecule has 0 spiro atoms. The SMILES string of the molecule is CNC(=O)C1CCN(C(=O)c2cc(C)nc(Cl)c2)CC1. The summed E-state index contributed by atoms with van der Waals surface area (Å²) in [7, 11) is 1.64. The minimum absolute atomic E-state index is 0.00631. The third-order valence-electron chi connectivity index (χ3n) is 3.57. The van der Waals surface area contributed by atoms with Gasteiger partial charge in [0.15, 0.2) is 0 Å². The molecule has 0 aliphatic carbocycles. The van der Waals surface area contributed by atoms with Crippen LogP contribution in [0.15, 0.2) is 12.1 Å². The van der Waals surface area contributed by atoms with Crippen molar-refractivity contribution in [1.29, 1.82) is 0 Å². The highest BCUT2D eigenvalue weighted by Crippen LogP contribution is 2.20. The Labute approximate surface area is 123 Å². The molecule has 0 aromatic carbocycles. The van der Waals surface area contributed by atoms with E-state index < -0.39 is 0 Å². The predicted molar refractivity (Wildman–Crippen MR) is 76.7 cm³/mol. The largest absolute Gasteiger partial charge is 0.359 e. The lowest BCUT2D eigenvalue weighted by Gasteiger charge is -2.31. The molecular formula is C14H18ClN3O2. The molecule has 0 bridgehead atoms. The Kier molecular flexibility index (Phi) is 4.60. The van der Waals surface area contributed by atoms with E-state index >= 15 is 0 Å². The van der Waals surface area contributed by atoms with Crippen LogP contribution in [0.5, 0.6) is 0 Å². The van der Waals surface area contributed by atoms with Gasteiger partial charge in [-0.15, -0.1) is 0 Å². The third kappa shape index (κ3) is 3.28. The second-order valence-electron chi connectivity index (χ2n) is 5.00. The Bertz CT molecular complexity index is 505. The van der Waals surface area contributed by atoms with Gasteiger partial charge in [-0.25, -0.2) is 4.98 Å². The lowest BCUT2D eigenvalue weighted by Crippen LogP contribution is -2.42. The van der Waals surface area contributed by atoms with E-state index in [-0.39, 0.29) is 17.7 Å². The van der Waals surface area contributed by atoms with Gasteiger partial charge in [0.2, 0.25) is 5.91 Å². The highest BCUT2D eigenvalue weighted by atomic mass is 35.5. The minimum atomic E-state index is -0.0484. The van der Waals surface area contributed by atoms with Gasteiger partial charge in [0, 0.05) is 37.3 Å². The molecule has 1 N–H and O–H groups in total. The van der Waals surface area contributed by atoms with Crippen LogP contribution in [-0.4, -0.2) is 41.8 Å². The van der Waals surface area contributed by atoms with Crippen molar-refractivity contribution in [2.75, 3.05) is 20.1 Å². The van der Waals surface area contributed by atoms with Gasteiger partial charge in [-0.2, -0.15) is 0 Å². The first-order valence-corrected chi connectivity index (χ1v) is 7.04. The van der Waals surface area contributed by atoms with Crippen LogP contribution in [0.3, 0.4) is 0 Å². The zero-order valence-electron chi connectivity index (χ0n) is 11.6. The molecule has 2 rings (SSSR count). The topological polar surface area (TPSA) is 62.3 Å². The highest BCUT2D eigenvalue weighted by molar-refractivity contribution is 6.29. The number of nitrogens with one attached hydrogen (secondary N) is 1. The van der Waals surface area contributed by atoms with Gasteiger partial charge in [0.05, 0.1) is 0 Å². The quantitative estimate of drug-likeness (QED) is 0.844. The first-order chi connectivity index (χ1) is 9.51. The standard InChI is InChI=1S/C14H18ClN3O2/c1-9-7-11(8-12(15)17-9)14(20)18-5-3-10(4-6-18)13(19)16-2/h7-8,10H,3-6H2,1-2H3,(H,16,19). The van der Waals surface area contributed by atoms with E-state index in [4.69, 9.17) is 11.6 Å². The van der Waals surface area contributed by atoms with Crippen molar-refractivity contribution in [2.45, 2.75) is 19.8 Å². The fourth-order valence-electron chi connectivity index (χ4n) is 2.48. The summed E-state index contributed by atoms with van der Waals surface area (Å²) in [5.41, 5.74) is 1.28. The average molecular weight is 296 g/mol. The number of halogens is 1. The summed E-state index contributed by atoms with van der Waals surface area (Å²) in [6.45, 7) is 2.99. The highest BCUT2D eigenvalue weighted by Gasteiger charge is 2.27. The van der Waals surface area contributed by atoms with Crippen molar-refractivity contribution in [3.05, 3.63) is 28.5 Å². The number of carbonyl (C=O) groups excluding carboxylic acids is 2. The Morgan fingerprint density at radius 2 is 2.00 bits per heavy atom. The number of hydrogen-bond acceptors (Lipinski definition) is 3. The Morgan fingerprint density at radius 3 is 2.55 bits per heavy atom. The number of pyridine rings is 1. The molecule has 108 valence electrons. The Balaban J connectivity index is 2.03. The number of amides is 2. The fourth-order valence-corrected chi connectivity index (χ4v) is 2.73. The van der Waals surface area contributed by atoms with E-state index in [9.17, 15) is 9.59 Å². The van der Waals surface area contributed by atoms with Crippen molar-refractivity contribution < 1.29 is 9.59 Å². The van der Waals surface area contributed by atoms with E-state index in [0.29, 0.717) is 36.6 Å². The maximum atomic E-state index is 12.4. The molecule has 0 saturated carbocycles. The maximum absolute atomic E-state index is 12.4. The van der Waals surface area contributed by atoms with Crippen LogP contribution in [0.25, 0.3) is 0 Å². The van der Waals surface area contributed by atoms with E-state index in [2.05, 4.69) is 10.3 Å². The smallest absolute Gasteiger partial charge is 0.254 e. The molecule has 1 aromatic rings. The maximum Gasteiger partial charge on any atom is 0.254 e. The van der Waals surface area contributed by atoms with Gasteiger partial charge in [0.25, 0.3) is 5.91 Å². The molecule has 2 amide bonds. The monoisotopic (exact) mass is 295 g/mol. The Morgan fingerprint density at radius 1 is 1.35 bits per heavy atom. The lowest BCUT2D eigenvalue weighted by atomic mass is 9.95. The molecule has 0 unspecified atom stereocenters. The lowest BCUT2D eigenvalue weighted by molar-refractivity contribution is -0.125. The average Bonchev–Trinajstić information content (AvgIpc) is 2.45. The van der Waals surface area contributed by atoms with Crippen LogP contribution >= 0.6 is 11.6 Å². The number of likely N-dealkylation sites (tertiary alicyclic amines) is 1. The fraction of sp³-hybridized carbons (Fsp3) is 0.500. The summed E-state index contributed by atoms with van der Waals surface area (Å²) in [6, 6.07) is 3.32. The van der Waals surface area contributed by atoms with Gasteiger partial charge >= 0.3 is 0 Å². The van der Waals surface area contributed by atoms with E-state index in [1.54, 1.807) is 31.0 Å². The van der Waals surface area contributed by atoms with E-state index in [0.717, 1.165) is 5.69 Å². The summed E-state index contributed by atoms with van der Waals surface area (Å²) in [6.07, 6.45) is 1.40. The normalized spacial score (nSPS) is 16.1. The molecule has 1 saturated heterocycles. The molecule has 0 radical (unpaired) electrons. The van der Waals surface area contributed by atoms with E-state index in [1.807, 2.05) is 0 Å². The third-order valence-corrected chi connectivity index (χ3v) is 3.76. The van der Waals surface area contributed by atoms with Gasteiger partial charge in [0.1, 0.15) is 5.15 Å². The van der Waals surface area contributed by atoms with Crippen molar-refractivity contribution in [3.8, 4) is 0 Å².